The predicted octanol–water partition coefficient (Wildman–Crippen LogP) is 4.11. The maximum absolute atomic E-state index is 12.0. The highest BCUT2D eigenvalue weighted by Crippen LogP contribution is 2.15. The van der Waals surface area contributed by atoms with Crippen LogP contribution in [0, 0.1) is 0 Å². The fourth-order valence-electron chi connectivity index (χ4n) is 2.70. The van der Waals surface area contributed by atoms with Crippen molar-refractivity contribution in [2.24, 2.45) is 0 Å². The molecule has 0 bridgehead atoms. The van der Waals surface area contributed by atoms with E-state index in [9.17, 15) is 19.2 Å². The van der Waals surface area contributed by atoms with E-state index in [1.165, 1.54) is 38.1 Å². The number of ether oxygens (including phenoxy) is 4. The number of esters is 4. The molecule has 2 aromatic carbocycles. The molecule has 0 atom stereocenters. The molecule has 0 aliphatic rings. The highest BCUT2D eigenvalue weighted by Gasteiger charge is 2.09. The normalized spacial score (nSPS) is 10.2. The number of carbonyl (C=O) groups excluding carboxylic acids is 4. The average Bonchev–Trinajstić information content (AvgIpc) is 2.75. The minimum atomic E-state index is -0.437. The maximum Gasteiger partial charge on any atom is 0.338 e. The third-order valence-corrected chi connectivity index (χ3v) is 4.21. The minimum absolute atomic E-state index is 0.291. The van der Waals surface area contributed by atoms with Gasteiger partial charge in [-0.25, -0.2) is 9.59 Å². The molecule has 2 aromatic rings. The van der Waals surface area contributed by atoms with Gasteiger partial charge in [0.2, 0.25) is 0 Å². The van der Waals surface area contributed by atoms with Gasteiger partial charge in [-0.15, -0.1) is 0 Å². The molecule has 0 saturated carbocycles. The van der Waals surface area contributed by atoms with Crippen LogP contribution in [0.1, 0.15) is 60.2 Å². The fraction of sp³-hybridized carbons (Fsp3) is 0.333. The van der Waals surface area contributed by atoms with E-state index in [1.54, 1.807) is 24.3 Å². The van der Waals surface area contributed by atoms with Crippen LogP contribution >= 0.6 is 0 Å². The summed E-state index contributed by atoms with van der Waals surface area (Å²) < 4.78 is 20.3. The molecular weight excluding hydrogens is 416 g/mol. The smallest absolute Gasteiger partial charge is 0.338 e. The van der Waals surface area contributed by atoms with Crippen LogP contribution in [0.15, 0.2) is 48.5 Å². The van der Waals surface area contributed by atoms with Crippen LogP contribution in [0.25, 0.3) is 0 Å². The van der Waals surface area contributed by atoms with Crippen LogP contribution in [0.3, 0.4) is 0 Å². The van der Waals surface area contributed by atoms with Crippen LogP contribution in [-0.4, -0.2) is 37.1 Å². The van der Waals surface area contributed by atoms with Gasteiger partial charge in [0.15, 0.2) is 0 Å². The molecule has 0 saturated heterocycles. The van der Waals surface area contributed by atoms with Crippen molar-refractivity contribution in [3.05, 3.63) is 59.7 Å². The lowest BCUT2D eigenvalue weighted by Gasteiger charge is -2.07. The second-order valence-corrected chi connectivity index (χ2v) is 6.92. The Hall–Kier alpha value is -3.68. The van der Waals surface area contributed by atoms with E-state index in [-0.39, 0.29) is 0 Å². The first kappa shape index (κ1) is 24.6. The highest BCUT2D eigenvalue weighted by molar-refractivity contribution is 5.90. The van der Waals surface area contributed by atoms with Crippen molar-refractivity contribution >= 4 is 23.9 Å². The molecular formula is C24H26O8. The second kappa shape index (κ2) is 12.9. The summed E-state index contributed by atoms with van der Waals surface area (Å²) in [4.78, 5) is 45.7. The number of benzene rings is 2. The Morgan fingerprint density at radius 1 is 0.562 bits per heavy atom. The molecule has 170 valence electrons. The molecule has 0 aromatic heterocycles. The van der Waals surface area contributed by atoms with Gasteiger partial charge < -0.3 is 18.9 Å². The lowest BCUT2D eigenvalue weighted by Crippen LogP contribution is -2.08. The molecule has 0 radical (unpaired) electrons. The molecule has 0 unspecified atom stereocenters. The molecule has 32 heavy (non-hydrogen) atoms. The van der Waals surface area contributed by atoms with Crippen molar-refractivity contribution < 1.29 is 38.1 Å². The minimum Gasteiger partial charge on any atom is -0.462 e. The number of unbranched alkanes of at least 4 members (excludes halogenated alkanes) is 3. The first-order valence-electron chi connectivity index (χ1n) is 10.3. The third-order valence-electron chi connectivity index (χ3n) is 4.21. The van der Waals surface area contributed by atoms with Crippen LogP contribution in [0.5, 0.6) is 11.5 Å². The van der Waals surface area contributed by atoms with Gasteiger partial charge in [-0.2, -0.15) is 0 Å². The Morgan fingerprint density at radius 2 is 0.906 bits per heavy atom. The largest absolute Gasteiger partial charge is 0.462 e. The Bertz CT molecular complexity index is 839. The van der Waals surface area contributed by atoms with Crippen LogP contribution in [-0.2, 0) is 19.1 Å². The van der Waals surface area contributed by atoms with Crippen molar-refractivity contribution in [3.8, 4) is 11.5 Å². The first-order chi connectivity index (χ1) is 15.3. The van der Waals surface area contributed by atoms with Gasteiger partial charge in [0.1, 0.15) is 11.5 Å². The zero-order valence-electron chi connectivity index (χ0n) is 18.1. The maximum atomic E-state index is 12.0. The van der Waals surface area contributed by atoms with E-state index in [2.05, 4.69) is 0 Å². The van der Waals surface area contributed by atoms with Crippen molar-refractivity contribution in [1.82, 2.24) is 0 Å². The van der Waals surface area contributed by atoms with Crippen molar-refractivity contribution in [2.45, 2.75) is 39.5 Å². The molecule has 0 aliphatic carbocycles. The summed E-state index contributed by atoms with van der Waals surface area (Å²) >= 11 is 0. The van der Waals surface area contributed by atoms with Gasteiger partial charge in [-0.05, 0) is 74.2 Å². The first-order valence-corrected chi connectivity index (χ1v) is 10.3. The second-order valence-electron chi connectivity index (χ2n) is 6.92. The van der Waals surface area contributed by atoms with E-state index in [0.717, 1.165) is 12.8 Å². The summed E-state index contributed by atoms with van der Waals surface area (Å²) in [6.45, 7) is 3.19. The molecule has 8 heteroatoms. The van der Waals surface area contributed by atoms with E-state index in [4.69, 9.17) is 18.9 Å². The van der Waals surface area contributed by atoms with Crippen molar-refractivity contribution in [1.29, 1.82) is 0 Å². The molecule has 2 rings (SSSR count). The van der Waals surface area contributed by atoms with Crippen molar-refractivity contribution in [3.63, 3.8) is 0 Å². The van der Waals surface area contributed by atoms with Crippen LogP contribution in [0.2, 0.25) is 0 Å². The third kappa shape index (κ3) is 8.99. The highest BCUT2D eigenvalue weighted by atomic mass is 16.5. The Balaban J connectivity index is 1.55. The lowest BCUT2D eigenvalue weighted by atomic mass is 10.2. The fourth-order valence-corrected chi connectivity index (χ4v) is 2.70. The van der Waals surface area contributed by atoms with Gasteiger partial charge in [0, 0.05) is 13.8 Å². The summed E-state index contributed by atoms with van der Waals surface area (Å²) in [5.41, 5.74) is 0.766. The quantitative estimate of drug-likeness (QED) is 0.291. The molecule has 0 heterocycles. The number of carbonyl (C=O) groups is 4. The van der Waals surface area contributed by atoms with Crippen molar-refractivity contribution in [2.75, 3.05) is 13.2 Å². The summed E-state index contributed by atoms with van der Waals surface area (Å²) in [6.07, 6.45) is 3.05. The van der Waals surface area contributed by atoms with E-state index in [1.807, 2.05) is 0 Å². The zero-order chi connectivity index (χ0) is 23.3. The molecule has 0 N–H and O–H groups in total. The molecule has 0 amide bonds. The average molecular weight is 442 g/mol. The summed E-state index contributed by atoms with van der Waals surface area (Å²) in [7, 11) is 0. The van der Waals surface area contributed by atoms with Gasteiger partial charge >= 0.3 is 23.9 Å². The van der Waals surface area contributed by atoms with E-state index >= 15 is 0 Å². The SMILES string of the molecule is CC(=O)Oc1ccc(C(=O)OCCCCCCOC(=O)c2ccc(OC(C)=O)cc2)cc1. The number of rotatable bonds is 11. The topological polar surface area (TPSA) is 105 Å². The monoisotopic (exact) mass is 442 g/mol. The molecule has 0 spiro atoms. The Labute approximate surface area is 186 Å². The van der Waals surface area contributed by atoms with Crippen LogP contribution < -0.4 is 9.47 Å². The van der Waals surface area contributed by atoms with Gasteiger partial charge in [0.25, 0.3) is 0 Å². The Kier molecular flexibility index (Phi) is 9.90. The molecule has 0 fully saturated rings. The number of hydrogen-bond donors (Lipinski definition) is 0. The van der Waals surface area contributed by atoms with Gasteiger partial charge in [0.05, 0.1) is 24.3 Å². The standard InChI is InChI=1S/C24H26O8/c1-17(25)31-21-11-7-19(8-12-21)23(27)29-15-5-3-4-6-16-30-24(28)20-9-13-22(14-10-20)32-18(2)26/h7-14H,3-6,15-16H2,1-2H3. The van der Waals surface area contributed by atoms with E-state index in [0.29, 0.717) is 48.7 Å². The predicted molar refractivity (Wildman–Crippen MR) is 115 cm³/mol. The van der Waals surface area contributed by atoms with Gasteiger partial charge in [-0.1, -0.05) is 0 Å². The van der Waals surface area contributed by atoms with E-state index < -0.39 is 23.9 Å². The summed E-state index contributed by atoms with van der Waals surface area (Å²) in [5.74, 6) is -0.987. The summed E-state index contributed by atoms with van der Waals surface area (Å²) in [5, 5.41) is 0. The molecule has 8 nitrogen and oxygen atoms in total. The van der Waals surface area contributed by atoms with Gasteiger partial charge in [-0.3, -0.25) is 9.59 Å². The zero-order valence-corrected chi connectivity index (χ0v) is 18.1. The molecule has 0 aliphatic heterocycles. The Morgan fingerprint density at radius 3 is 1.22 bits per heavy atom. The lowest BCUT2D eigenvalue weighted by molar-refractivity contribution is -0.132. The van der Waals surface area contributed by atoms with Crippen LogP contribution in [0.4, 0.5) is 0 Å². The number of hydrogen-bond acceptors (Lipinski definition) is 8. The summed E-state index contributed by atoms with van der Waals surface area (Å²) in [6, 6.07) is 12.3.